The van der Waals surface area contributed by atoms with E-state index in [-0.39, 0.29) is 21.9 Å². The monoisotopic (exact) mass is 344 g/mol. The summed E-state index contributed by atoms with van der Waals surface area (Å²) >= 11 is 6.79. The maximum Gasteiger partial charge on any atom is 0.250 e. The molecule has 1 N–H and O–H groups in total. The lowest BCUT2D eigenvalue weighted by Crippen LogP contribution is -2.23. The summed E-state index contributed by atoms with van der Waals surface area (Å²) in [5, 5.41) is 8.65. The highest BCUT2D eigenvalue weighted by Gasteiger charge is 2.18. The maximum atomic E-state index is 13.7. The molecule has 0 bridgehead atoms. The van der Waals surface area contributed by atoms with Crippen molar-refractivity contribution in [3.05, 3.63) is 51.1 Å². The molecule has 2 aromatic rings. The van der Waals surface area contributed by atoms with E-state index < -0.39 is 15.8 Å². The summed E-state index contributed by atoms with van der Waals surface area (Å²) in [4.78, 5) is 0. The fraction of sp³-hybridized carbons (Fsp3) is 0.154. The van der Waals surface area contributed by atoms with Gasteiger partial charge in [0.25, 0.3) is 0 Å². The van der Waals surface area contributed by atoms with Crippen molar-refractivity contribution in [2.24, 2.45) is 0 Å². The number of nitrogens with zero attached hydrogens (tertiary/aromatic N) is 1. The third kappa shape index (κ3) is 3.60. The molecule has 4 nitrogen and oxygen atoms in total. The first-order valence-electron chi connectivity index (χ1n) is 5.77. The van der Waals surface area contributed by atoms with Gasteiger partial charge in [-0.3, -0.25) is 0 Å². The lowest BCUT2D eigenvalue weighted by Gasteiger charge is -2.06. The molecule has 0 aliphatic carbocycles. The van der Waals surface area contributed by atoms with Crippen LogP contribution >= 0.6 is 22.9 Å². The quantitative estimate of drug-likeness (QED) is 0.925. The molecule has 1 aromatic carbocycles. The molecule has 0 amide bonds. The lowest BCUT2D eigenvalue weighted by molar-refractivity contribution is 0.576. The molecule has 0 aliphatic rings. The first kappa shape index (κ1) is 15.9. The smallest absolute Gasteiger partial charge is 0.207 e. The average molecular weight is 345 g/mol. The van der Waals surface area contributed by atoms with Crippen molar-refractivity contribution in [1.29, 1.82) is 5.26 Å². The molecular weight excluding hydrogens is 335 g/mol. The predicted molar refractivity (Wildman–Crippen MR) is 79.2 cm³/mol. The van der Waals surface area contributed by atoms with E-state index in [1.165, 1.54) is 18.2 Å². The molecule has 0 fully saturated rings. The van der Waals surface area contributed by atoms with Crippen LogP contribution in [0.5, 0.6) is 0 Å². The maximum absolute atomic E-state index is 13.7. The second kappa shape index (κ2) is 6.12. The van der Waals surface area contributed by atoms with E-state index in [0.717, 1.165) is 17.4 Å². The Hall–Kier alpha value is -1.46. The minimum Gasteiger partial charge on any atom is -0.207 e. The molecule has 110 valence electrons. The highest BCUT2D eigenvalue weighted by Crippen LogP contribution is 2.30. The molecule has 1 heterocycles. The molecule has 8 heteroatoms. The normalized spacial score (nSPS) is 11.3. The number of sulfonamides is 1. The number of rotatable bonds is 4. The first-order chi connectivity index (χ1) is 9.83. The van der Waals surface area contributed by atoms with E-state index in [1.54, 1.807) is 6.92 Å². The number of halogens is 2. The standard InChI is InChI=1S/C13H10ClFN2O2S2/c1-8-4-12(20-13(8)14)21(18,19)17-7-10-3-2-9(6-16)5-11(10)15/h2-5,17H,7H2,1H3. The topological polar surface area (TPSA) is 70.0 Å². The Labute approximate surface area is 130 Å². The Kier molecular flexibility index (Phi) is 4.64. The van der Waals surface area contributed by atoms with Crippen LogP contribution in [0.15, 0.2) is 28.5 Å². The van der Waals surface area contributed by atoms with Gasteiger partial charge < -0.3 is 0 Å². The SMILES string of the molecule is Cc1cc(S(=O)(=O)NCc2ccc(C#N)cc2F)sc1Cl. The average Bonchev–Trinajstić information content (AvgIpc) is 2.78. The number of hydrogen-bond donors (Lipinski definition) is 1. The molecule has 1 aromatic heterocycles. The molecule has 2 rings (SSSR count). The van der Waals surface area contributed by atoms with E-state index in [4.69, 9.17) is 16.9 Å². The summed E-state index contributed by atoms with van der Waals surface area (Å²) in [6.45, 7) is 1.51. The number of nitriles is 1. The largest absolute Gasteiger partial charge is 0.250 e. The van der Waals surface area contributed by atoms with Crippen molar-refractivity contribution in [3.63, 3.8) is 0 Å². The van der Waals surface area contributed by atoms with Gasteiger partial charge in [-0.05, 0) is 30.7 Å². The first-order valence-corrected chi connectivity index (χ1v) is 8.45. The van der Waals surface area contributed by atoms with E-state index in [0.29, 0.717) is 9.90 Å². The van der Waals surface area contributed by atoms with Crippen LogP contribution in [0, 0.1) is 24.1 Å². The molecule has 0 spiro atoms. The highest BCUT2D eigenvalue weighted by atomic mass is 35.5. The zero-order chi connectivity index (χ0) is 15.6. The van der Waals surface area contributed by atoms with E-state index >= 15 is 0 Å². The number of benzene rings is 1. The van der Waals surface area contributed by atoms with Crippen LogP contribution < -0.4 is 4.72 Å². The predicted octanol–water partition coefficient (Wildman–Crippen LogP) is 3.20. The van der Waals surface area contributed by atoms with Gasteiger partial charge in [0, 0.05) is 12.1 Å². The van der Waals surface area contributed by atoms with Crippen LogP contribution in [0.1, 0.15) is 16.7 Å². The second-order valence-corrected chi connectivity index (χ2v) is 7.91. The van der Waals surface area contributed by atoms with Crippen LogP contribution in [-0.2, 0) is 16.6 Å². The van der Waals surface area contributed by atoms with Crippen molar-refractivity contribution >= 4 is 33.0 Å². The van der Waals surface area contributed by atoms with Crippen LogP contribution in [0.3, 0.4) is 0 Å². The number of thiophene rings is 1. The van der Waals surface area contributed by atoms with Crippen LogP contribution in [0.25, 0.3) is 0 Å². The molecule has 21 heavy (non-hydrogen) atoms. The summed E-state index contributed by atoms with van der Waals surface area (Å²) in [5.41, 5.74) is 1.02. The van der Waals surface area contributed by atoms with Crippen LogP contribution in [-0.4, -0.2) is 8.42 Å². The number of nitrogens with one attached hydrogen (secondary N) is 1. The molecular formula is C13H10ClFN2O2S2. The van der Waals surface area contributed by atoms with E-state index in [9.17, 15) is 12.8 Å². The molecule has 0 aliphatic heterocycles. The van der Waals surface area contributed by atoms with Gasteiger partial charge in [-0.15, -0.1) is 11.3 Å². The minimum atomic E-state index is -3.74. The zero-order valence-corrected chi connectivity index (χ0v) is 13.2. The van der Waals surface area contributed by atoms with Crippen molar-refractivity contribution in [2.75, 3.05) is 0 Å². The lowest BCUT2D eigenvalue weighted by atomic mass is 10.1. The van der Waals surface area contributed by atoms with Gasteiger partial charge in [0.05, 0.1) is 16.0 Å². The van der Waals surface area contributed by atoms with Gasteiger partial charge in [0.1, 0.15) is 10.0 Å². The van der Waals surface area contributed by atoms with Crippen LogP contribution in [0.2, 0.25) is 4.34 Å². The summed E-state index contributed by atoms with van der Waals surface area (Å²) in [6, 6.07) is 7.15. The summed E-state index contributed by atoms with van der Waals surface area (Å²) in [6.07, 6.45) is 0. The molecule has 0 saturated heterocycles. The Bertz CT molecular complexity index is 806. The van der Waals surface area contributed by atoms with Gasteiger partial charge in [0.15, 0.2) is 0 Å². The summed E-state index contributed by atoms with van der Waals surface area (Å²) in [5.74, 6) is -0.628. The van der Waals surface area contributed by atoms with E-state index in [2.05, 4.69) is 4.72 Å². The van der Waals surface area contributed by atoms with Gasteiger partial charge in [-0.1, -0.05) is 17.7 Å². The van der Waals surface area contributed by atoms with Crippen molar-refractivity contribution < 1.29 is 12.8 Å². The Morgan fingerprint density at radius 2 is 2.14 bits per heavy atom. The molecule has 0 radical (unpaired) electrons. The second-order valence-electron chi connectivity index (χ2n) is 4.26. The Morgan fingerprint density at radius 3 is 2.67 bits per heavy atom. The fourth-order valence-electron chi connectivity index (χ4n) is 1.57. The minimum absolute atomic E-state index is 0.0825. The Balaban J connectivity index is 2.17. The third-order valence-corrected chi connectivity index (χ3v) is 6.16. The van der Waals surface area contributed by atoms with Gasteiger partial charge in [-0.2, -0.15) is 5.26 Å². The van der Waals surface area contributed by atoms with Gasteiger partial charge >= 0.3 is 0 Å². The summed E-state index contributed by atoms with van der Waals surface area (Å²) < 4.78 is 40.6. The molecule has 0 saturated carbocycles. The van der Waals surface area contributed by atoms with Crippen molar-refractivity contribution in [3.8, 4) is 6.07 Å². The summed E-state index contributed by atoms with van der Waals surface area (Å²) in [7, 11) is -3.74. The number of hydrogen-bond acceptors (Lipinski definition) is 4. The van der Waals surface area contributed by atoms with E-state index in [1.807, 2.05) is 6.07 Å². The fourth-order valence-corrected chi connectivity index (χ4v) is 4.33. The highest BCUT2D eigenvalue weighted by molar-refractivity contribution is 7.91. The van der Waals surface area contributed by atoms with Gasteiger partial charge in [0.2, 0.25) is 10.0 Å². The van der Waals surface area contributed by atoms with Gasteiger partial charge in [-0.25, -0.2) is 17.5 Å². The zero-order valence-electron chi connectivity index (χ0n) is 10.9. The van der Waals surface area contributed by atoms with Crippen molar-refractivity contribution in [1.82, 2.24) is 4.72 Å². The molecule has 0 unspecified atom stereocenters. The number of aryl methyl sites for hydroxylation is 1. The van der Waals surface area contributed by atoms with Crippen LogP contribution in [0.4, 0.5) is 4.39 Å². The van der Waals surface area contributed by atoms with Crippen molar-refractivity contribution in [2.45, 2.75) is 17.7 Å². The third-order valence-electron chi connectivity index (χ3n) is 2.73. The Morgan fingerprint density at radius 1 is 1.43 bits per heavy atom. The molecule has 0 atom stereocenters.